The molecule has 0 saturated heterocycles. The van der Waals surface area contributed by atoms with Gasteiger partial charge in [0, 0.05) is 12.8 Å². The standard InChI is InChI=1S/C10H19N/c1-5-6-7-9(2)8-10(3)11-4/h5-6,9H,7-8H2,1-4H3/b6-5?,11-10+. The minimum atomic E-state index is 0.731. The molecule has 0 N–H and O–H groups in total. The van der Waals surface area contributed by atoms with Gasteiger partial charge in [-0.2, -0.15) is 0 Å². The van der Waals surface area contributed by atoms with Crippen LogP contribution in [-0.4, -0.2) is 12.8 Å². The third-order valence-corrected chi connectivity index (χ3v) is 1.80. The first-order chi connectivity index (χ1) is 5.20. The Kier molecular flexibility index (Phi) is 5.81. The molecule has 0 aromatic carbocycles. The van der Waals surface area contributed by atoms with Crippen LogP contribution in [0.3, 0.4) is 0 Å². The van der Waals surface area contributed by atoms with E-state index in [2.05, 4.69) is 37.9 Å². The van der Waals surface area contributed by atoms with Gasteiger partial charge in [0.15, 0.2) is 0 Å². The largest absolute Gasteiger partial charge is 0.298 e. The van der Waals surface area contributed by atoms with E-state index in [9.17, 15) is 0 Å². The first-order valence-electron chi connectivity index (χ1n) is 4.24. The van der Waals surface area contributed by atoms with Crippen LogP contribution in [0.25, 0.3) is 0 Å². The normalized spacial score (nSPS) is 15.8. The van der Waals surface area contributed by atoms with E-state index >= 15 is 0 Å². The Hall–Kier alpha value is -0.590. The molecule has 0 fully saturated rings. The monoisotopic (exact) mass is 153 g/mol. The highest BCUT2D eigenvalue weighted by atomic mass is 14.7. The van der Waals surface area contributed by atoms with E-state index in [1.54, 1.807) is 0 Å². The van der Waals surface area contributed by atoms with Gasteiger partial charge in [-0.25, -0.2) is 0 Å². The van der Waals surface area contributed by atoms with Gasteiger partial charge in [0.25, 0.3) is 0 Å². The van der Waals surface area contributed by atoms with Gasteiger partial charge in [0.05, 0.1) is 0 Å². The summed E-state index contributed by atoms with van der Waals surface area (Å²) in [7, 11) is 1.86. The summed E-state index contributed by atoms with van der Waals surface area (Å²) in [5.74, 6) is 0.731. The average molecular weight is 153 g/mol. The van der Waals surface area contributed by atoms with Gasteiger partial charge in [-0.05, 0) is 32.6 Å². The Labute approximate surface area is 70.2 Å². The molecule has 64 valence electrons. The van der Waals surface area contributed by atoms with Crippen molar-refractivity contribution in [3.8, 4) is 0 Å². The molecule has 0 heterocycles. The molecule has 1 unspecified atom stereocenters. The van der Waals surface area contributed by atoms with E-state index in [0.29, 0.717) is 0 Å². The quantitative estimate of drug-likeness (QED) is 0.435. The lowest BCUT2D eigenvalue weighted by Gasteiger charge is -2.06. The molecule has 0 aromatic heterocycles. The minimum Gasteiger partial charge on any atom is -0.298 e. The second-order valence-corrected chi connectivity index (χ2v) is 3.07. The van der Waals surface area contributed by atoms with Crippen LogP contribution in [0.15, 0.2) is 17.1 Å². The van der Waals surface area contributed by atoms with Gasteiger partial charge >= 0.3 is 0 Å². The zero-order valence-electron chi connectivity index (χ0n) is 8.09. The maximum Gasteiger partial charge on any atom is 0.0276 e. The fourth-order valence-corrected chi connectivity index (χ4v) is 1.05. The van der Waals surface area contributed by atoms with E-state index < -0.39 is 0 Å². The highest BCUT2D eigenvalue weighted by molar-refractivity contribution is 5.81. The molecule has 0 spiro atoms. The molecule has 0 radical (unpaired) electrons. The van der Waals surface area contributed by atoms with E-state index in [0.717, 1.165) is 12.3 Å². The molecule has 0 amide bonds. The molecular weight excluding hydrogens is 134 g/mol. The molecular formula is C10H19N. The Balaban J connectivity index is 3.60. The van der Waals surface area contributed by atoms with Crippen LogP contribution >= 0.6 is 0 Å². The van der Waals surface area contributed by atoms with E-state index in [1.807, 2.05) is 7.05 Å². The molecule has 0 rings (SSSR count). The molecule has 0 bridgehead atoms. The van der Waals surface area contributed by atoms with Crippen molar-refractivity contribution in [1.29, 1.82) is 0 Å². The van der Waals surface area contributed by atoms with Crippen molar-refractivity contribution < 1.29 is 0 Å². The first kappa shape index (κ1) is 10.4. The summed E-state index contributed by atoms with van der Waals surface area (Å²) in [6.07, 6.45) is 6.62. The van der Waals surface area contributed by atoms with Crippen molar-refractivity contribution in [2.24, 2.45) is 10.9 Å². The summed E-state index contributed by atoms with van der Waals surface area (Å²) in [4.78, 5) is 4.13. The Morgan fingerprint density at radius 3 is 2.64 bits per heavy atom. The van der Waals surface area contributed by atoms with Gasteiger partial charge in [-0.15, -0.1) is 0 Å². The van der Waals surface area contributed by atoms with E-state index in [-0.39, 0.29) is 0 Å². The predicted octanol–water partition coefficient (Wildman–Crippen LogP) is 3.07. The fourth-order valence-electron chi connectivity index (χ4n) is 1.05. The van der Waals surface area contributed by atoms with Crippen LogP contribution in [0.5, 0.6) is 0 Å². The Morgan fingerprint density at radius 1 is 1.55 bits per heavy atom. The summed E-state index contributed by atoms with van der Waals surface area (Å²) in [6, 6.07) is 0. The third-order valence-electron chi connectivity index (χ3n) is 1.80. The number of hydrogen-bond donors (Lipinski definition) is 0. The van der Waals surface area contributed by atoms with E-state index in [1.165, 1.54) is 12.1 Å². The minimum absolute atomic E-state index is 0.731. The SMILES string of the molecule is CC=CCC(C)C/C(C)=N/C. The molecule has 1 nitrogen and oxygen atoms in total. The zero-order valence-corrected chi connectivity index (χ0v) is 8.09. The second-order valence-electron chi connectivity index (χ2n) is 3.07. The summed E-state index contributed by atoms with van der Waals surface area (Å²) >= 11 is 0. The summed E-state index contributed by atoms with van der Waals surface area (Å²) in [6.45, 7) is 6.41. The summed E-state index contributed by atoms with van der Waals surface area (Å²) < 4.78 is 0. The van der Waals surface area contributed by atoms with Gasteiger partial charge in [0.2, 0.25) is 0 Å². The average Bonchev–Trinajstić information content (AvgIpc) is 2.00. The van der Waals surface area contributed by atoms with Gasteiger partial charge in [0.1, 0.15) is 0 Å². The molecule has 0 aromatic rings. The number of nitrogens with zero attached hydrogens (tertiary/aromatic N) is 1. The lowest BCUT2D eigenvalue weighted by Crippen LogP contribution is -2.00. The lowest BCUT2D eigenvalue weighted by molar-refractivity contribution is 0.618. The maximum atomic E-state index is 4.13. The summed E-state index contributed by atoms with van der Waals surface area (Å²) in [5.41, 5.74) is 1.25. The van der Waals surface area contributed by atoms with Crippen LogP contribution in [0.2, 0.25) is 0 Å². The topological polar surface area (TPSA) is 12.4 Å². The van der Waals surface area contributed by atoms with Crippen molar-refractivity contribution in [3.05, 3.63) is 12.2 Å². The predicted molar refractivity (Wildman–Crippen MR) is 52.2 cm³/mol. The van der Waals surface area contributed by atoms with Crippen LogP contribution in [0, 0.1) is 5.92 Å². The lowest BCUT2D eigenvalue weighted by atomic mass is 10.0. The zero-order chi connectivity index (χ0) is 8.69. The number of aliphatic imine (C=N–C) groups is 1. The van der Waals surface area contributed by atoms with Gasteiger partial charge in [-0.3, -0.25) is 4.99 Å². The molecule has 0 aliphatic rings. The van der Waals surface area contributed by atoms with Crippen molar-refractivity contribution in [3.63, 3.8) is 0 Å². The smallest absolute Gasteiger partial charge is 0.0276 e. The van der Waals surface area contributed by atoms with Crippen molar-refractivity contribution in [1.82, 2.24) is 0 Å². The Bertz CT molecular complexity index is 145. The highest BCUT2D eigenvalue weighted by Crippen LogP contribution is 2.08. The summed E-state index contributed by atoms with van der Waals surface area (Å²) in [5, 5.41) is 0. The number of allylic oxidation sites excluding steroid dienone is 2. The Morgan fingerprint density at radius 2 is 2.18 bits per heavy atom. The maximum absolute atomic E-state index is 4.13. The molecule has 0 saturated carbocycles. The molecule has 11 heavy (non-hydrogen) atoms. The number of rotatable bonds is 4. The first-order valence-corrected chi connectivity index (χ1v) is 4.24. The van der Waals surface area contributed by atoms with Crippen LogP contribution in [0.1, 0.15) is 33.6 Å². The second kappa shape index (κ2) is 6.14. The van der Waals surface area contributed by atoms with Crippen LogP contribution < -0.4 is 0 Å². The van der Waals surface area contributed by atoms with Gasteiger partial charge < -0.3 is 0 Å². The van der Waals surface area contributed by atoms with Gasteiger partial charge in [-0.1, -0.05) is 19.1 Å². The van der Waals surface area contributed by atoms with Crippen LogP contribution in [0.4, 0.5) is 0 Å². The molecule has 0 aliphatic carbocycles. The van der Waals surface area contributed by atoms with Crippen molar-refractivity contribution >= 4 is 5.71 Å². The third kappa shape index (κ3) is 5.84. The highest BCUT2D eigenvalue weighted by Gasteiger charge is 2.00. The van der Waals surface area contributed by atoms with Crippen LogP contribution in [-0.2, 0) is 0 Å². The molecule has 1 heteroatoms. The van der Waals surface area contributed by atoms with E-state index in [4.69, 9.17) is 0 Å². The van der Waals surface area contributed by atoms with Crippen molar-refractivity contribution in [2.75, 3.05) is 7.05 Å². The molecule has 1 atom stereocenters. The number of hydrogen-bond acceptors (Lipinski definition) is 1. The molecule has 0 aliphatic heterocycles. The fraction of sp³-hybridized carbons (Fsp3) is 0.700. The van der Waals surface area contributed by atoms with Crippen molar-refractivity contribution in [2.45, 2.75) is 33.6 Å².